The minimum absolute atomic E-state index is 0.0173. The number of nitrogens with zero attached hydrogens (tertiary/aromatic N) is 3. The van der Waals surface area contributed by atoms with E-state index in [2.05, 4.69) is 20.6 Å². The van der Waals surface area contributed by atoms with Crippen LogP contribution in [0.3, 0.4) is 0 Å². The number of hydrogen-bond donors (Lipinski definition) is 3. The molecule has 3 aromatic carbocycles. The molecule has 0 bridgehead atoms. The summed E-state index contributed by atoms with van der Waals surface area (Å²) in [6, 6.07) is 17.1. The molecule has 4 aromatic rings. The van der Waals surface area contributed by atoms with Crippen LogP contribution in [0.25, 0.3) is 10.8 Å². The van der Waals surface area contributed by atoms with Crippen molar-refractivity contribution in [3.63, 3.8) is 0 Å². The number of ether oxygens (including phenoxy) is 2. The number of benzene rings is 3. The van der Waals surface area contributed by atoms with Crippen molar-refractivity contribution in [3.05, 3.63) is 78.2 Å². The van der Waals surface area contributed by atoms with E-state index in [1.165, 1.54) is 12.1 Å². The Bertz CT molecular complexity index is 1550. The molecule has 0 radical (unpaired) electrons. The van der Waals surface area contributed by atoms with Gasteiger partial charge in [-0.3, -0.25) is 4.79 Å². The van der Waals surface area contributed by atoms with Gasteiger partial charge in [0.1, 0.15) is 11.6 Å². The van der Waals surface area contributed by atoms with E-state index in [9.17, 15) is 14.3 Å². The summed E-state index contributed by atoms with van der Waals surface area (Å²) in [5, 5.41) is 17.7. The Morgan fingerprint density at radius 3 is 2.61 bits per heavy atom. The summed E-state index contributed by atoms with van der Waals surface area (Å²) in [5.74, 6) is 0.434. The number of rotatable bonds is 8. The van der Waals surface area contributed by atoms with Crippen LogP contribution in [0.2, 0.25) is 0 Å². The van der Waals surface area contributed by atoms with Crippen LogP contribution in [0, 0.1) is 5.82 Å². The number of aliphatic hydroxyl groups is 1. The summed E-state index contributed by atoms with van der Waals surface area (Å²) in [6.45, 7) is 2.43. The number of carbonyl (C=O) groups excluding carboxylic acids is 1. The van der Waals surface area contributed by atoms with Crippen molar-refractivity contribution < 1.29 is 23.8 Å². The third-order valence-electron chi connectivity index (χ3n) is 7.74. The van der Waals surface area contributed by atoms with Gasteiger partial charge < -0.3 is 30.1 Å². The number of carbonyl (C=O) groups is 1. The molecule has 0 spiro atoms. The molecule has 212 valence electrons. The van der Waals surface area contributed by atoms with E-state index in [0.717, 1.165) is 36.5 Å². The molecule has 1 saturated heterocycles. The average molecular weight is 558 g/mol. The van der Waals surface area contributed by atoms with Crippen molar-refractivity contribution in [2.24, 2.45) is 0 Å². The normalized spacial score (nSPS) is 16.5. The van der Waals surface area contributed by atoms with Crippen LogP contribution in [0.15, 0.2) is 66.9 Å². The van der Waals surface area contributed by atoms with E-state index < -0.39 is 17.3 Å². The van der Waals surface area contributed by atoms with Crippen molar-refractivity contribution in [2.45, 2.75) is 31.2 Å². The number of amides is 1. The van der Waals surface area contributed by atoms with Crippen LogP contribution in [-0.4, -0.2) is 59.4 Å². The minimum Gasteiger partial charge on any atom is -0.438 e. The lowest BCUT2D eigenvalue weighted by Gasteiger charge is -2.29. The highest BCUT2D eigenvalue weighted by Crippen LogP contribution is 2.35. The minimum atomic E-state index is -0.468. The zero-order valence-electron chi connectivity index (χ0n) is 22.6. The van der Waals surface area contributed by atoms with Crippen LogP contribution in [-0.2, 0) is 4.74 Å². The maximum absolute atomic E-state index is 14.5. The van der Waals surface area contributed by atoms with Crippen LogP contribution >= 0.6 is 0 Å². The van der Waals surface area contributed by atoms with Gasteiger partial charge in [0.15, 0.2) is 0 Å². The smallest absolute Gasteiger partial charge is 0.255 e. The molecule has 41 heavy (non-hydrogen) atoms. The Balaban J connectivity index is 1.23. The van der Waals surface area contributed by atoms with E-state index in [0.29, 0.717) is 55.3 Å². The van der Waals surface area contributed by atoms with Crippen LogP contribution in [0.5, 0.6) is 11.6 Å². The van der Waals surface area contributed by atoms with Crippen molar-refractivity contribution in [3.8, 4) is 11.6 Å². The maximum atomic E-state index is 14.5. The highest BCUT2D eigenvalue weighted by Gasteiger charge is 2.33. The topological polar surface area (TPSA) is 109 Å². The standard InChI is InChI=1S/C31H32FN5O4/c32-22-17-21(18-23(19-22)37-13-15-40-16-14-37)29(39)34-26-7-8-27(25-6-2-1-5-24(25)26)41-28-9-12-33-30(35-28)36-31(20-38)10-3-4-11-31/h1-2,5-9,12,17-19,38H,3-4,10-11,13-16,20H2,(H,34,39)(H,33,35,36). The molecule has 1 aromatic heterocycles. The van der Waals surface area contributed by atoms with Gasteiger partial charge in [-0.15, -0.1) is 0 Å². The second-order valence-electron chi connectivity index (χ2n) is 10.5. The third-order valence-corrected chi connectivity index (χ3v) is 7.74. The molecular weight excluding hydrogens is 525 g/mol. The number of aromatic nitrogens is 2. The molecule has 2 aliphatic rings. The largest absolute Gasteiger partial charge is 0.438 e. The van der Waals surface area contributed by atoms with Crippen LogP contribution in [0.1, 0.15) is 36.0 Å². The van der Waals surface area contributed by atoms with Crippen molar-refractivity contribution in [1.29, 1.82) is 0 Å². The fourth-order valence-electron chi connectivity index (χ4n) is 5.56. The molecule has 1 aliphatic heterocycles. The highest BCUT2D eigenvalue weighted by atomic mass is 19.1. The fraction of sp³-hybridized carbons (Fsp3) is 0.323. The number of morpholine rings is 1. The van der Waals surface area contributed by atoms with Crippen LogP contribution < -0.4 is 20.3 Å². The van der Waals surface area contributed by atoms with Gasteiger partial charge in [0.2, 0.25) is 11.8 Å². The number of hydrogen-bond acceptors (Lipinski definition) is 8. The first-order chi connectivity index (χ1) is 20.0. The molecule has 0 atom stereocenters. The highest BCUT2D eigenvalue weighted by molar-refractivity contribution is 6.10. The van der Waals surface area contributed by atoms with E-state index in [1.807, 2.05) is 29.2 Å². The van der Waals surface area contributed by atoms with Gasteiger partial charge in [0.25, 0.3) is 5.91 Å². The van der Waals surface area contributed by atoms with E-state index in [1.54, 1.807) is 30.5 Å². The number of halogens is 1. The predicted octanol–water partition coefficient (Wildman–Crippen LogP) is 5.37. The first-order valence-corrected chi connectivity index (χ1v) is 13.9. The van der Waals surface area contributed by atoms with Gasteiger partial charge >= 0.3 is 0 Å². The van der Waals surface area contributed by atoms with Gasteiger partial charge in [0.05, 0.1) is 25.4 Å². The zero-order valence-corrected chi connectivity index (χ0v) is 22.6. The summed E-state index contributed by atoms with van der Waals surface area (Å²) in [4.78, 5) is 24.1. The van der Waals surface area contributed by atoms with Gasteiger partial charge in [-0.2, -0.15) is 4.98 Å². The molecular formula is C31H32FN5O4. The van der Waals surface area contributed by atoms with Crippen molar-refractivity contribution >= 4 is 34.0 Å². The lowest BCUT2D eigenvalue weighted by Crippen LogP contribution is -2.39. The molecule has 1 saturated carbocycles. The molecule has 2 heterocycles. The zero-order chi connectivity index (χ0) is 28.2. The van der Waals surface area contributed by atoms with Gasteiger partial charge in [-0.1, -0.05) is 37.1 Å². The molecule has 1 amide bonds. The Labute approximate surface area is 237 Å². The molecule has 9 nitrogen and oxygen atoms in total. The summed E-state index contributed by atoms with van der Waals surface area (Å²) in [7, 11) is 0. The Hall–Kier alpha value is -4.28. The average Bonchev–Trinajstić information content (AvgIpc) is 3.47. The summed E-state index contributed by atoms with van der Waals surface area (Å²) in [5.41, 5.74) is 1.06. The lowest BCUT2D eigenvalue weighted by molar-refractivity contribution is 0.102. The first-order valence-electron chi connectivity index (χ1n) is 13.9. The quantitative estimate of drug-likeness (QED) is 0.266. The first kappa shape index (κ1) is 26.9. The van der Waals surface area contributed by atoms with Crippen molar-refractivity contribution in [2.75, 3.05) is 48.4 Å². The van der Waals surface area contributed by atoms with Gasteiger partial charge in [0, 0.05) is 53.1 Å². The number of nitrogens with one attached hydrogen (secondary N) is 2. The summed E-state index contributed by atoms with van der Waals surface area (Å²) < 4.78 is 26.1. The van der Waals surface area contributed by atoms with E-state index >= 15 is 0 Å². The second-order valence-corrected chi connectivity index (χ2v) is 10.5. The molecule has 6 rings (SSSR count). The van der Waals surface area contributed by atoms with E-state index in [4.69, 9.17) is 9.47 Å². The predicted molar refractivity (Wildman–Crippen MR) is 155 cm³/mol. The Morgan fingerprint density at radius 2 is 1.83 bits per heavy atom. The summed E-state index contributed by atoms with van der Waals surface area (Å²) >= 11 is 0. The Morgan fingerprint density at radius 1 is 1.05 bits per heavy atom. The Kier molecular flexibility index (Phi) is 7.67. The lowest BCUT2D eigenvalue weighted by atomic mass is 9.99. The summed E-state index contributed by atoms with van der Waals surface area (Å²) in [6.07, 6.45) is 5.44. The number of anilines is 3. The number of aliphatic hydroxyl groups excluding tert-OH is 1. The van der Waals surface area contributed by atoms with Crippen molar-refractivity contribution in [1.82, 2.24) is 9.97 Å². The maximum Gasteiger partial charge on any atom is 0.255 e. The van der Waals surface area contributed by atoms with Gasteiger partial charge in [-0.05, 0) is 43.2 Å². The third kappa shape index (κ3) is 5.94. The SMILES string of the molecule is O=C(Nc1ccc(Oc2ccnc(NC3(CO)CCCC3)n2)c2ccccc12)c1cc(F)cc(N2CCOCC2)c1. The van der Waals surface area contributed by atoms with E-state index in [-0.39, 0.29) is 12.2 Å². The molecule has 3 N–H and O–H groups in total. The fourth-order valence-corrected chi connectivity index (χ4v) is 5.56. The monoisotopic (exact) mass is 557 g/mol. The molecule has 2 fully saturated rings. The second kappa shape index (κ2) is 11.7. The molecule has 10 heteroatoms. The number of fused-ring (bicyclic) bond motifs is 1. The molecule has 1 aliphatic carbocycles. The molecule has 0 unspecified atom stereocenters. The van der Waals surface area contributed by atoms with Crippen LogP contribution in [0.4, 0.5) is 21.7 Å². The van der Waals surface area contributed by atoms with Gasteiger partial charge in [-0.25, -0.2) is 9.37 Å².